The van der Waals surface area contributed by atoms with Crippen LogP contribution in [0.3, 0.4) is 0 Å². The molecule has 0 amide bonds. The second-order valence-corrected chi connectivity index (χ2v) is 7.21. The number of aryl methyl sites for hydroxylation is 1. The molecule has 0 spiro atoms. The molecule has 1 saturated carbocycles. The van der Waals surface area contributed by atoms with Crippen molar-refractivity contribution in [2.24, 2.45) is 5.92 Å². The van der Waals surface area contributed by atoms with Crippen molar-refractivity contribution >= 4 is 11.3 Å². The van der Waals surface area contributed by atoms with Gasteiger partial charge < -0.3 is 5.11 Å². The SMILES string of the molecule is OC(C1CCCc2sccc21)C1CC1c1ccccc1. The molecule has 2 heteroatoms. The Balaban J connectivity index is 1.52. The van der Waals surface area contributed by atoms with Crippen LogP contribution in [0.25, 0.3) is 0 Å². The number of benzene rings is 1. The number of hydrogen-bond donors (Lipinski definition) is 1. The molecule has 4 rings (SSSR count). The van der Waals surface area contributed by atoms with Gasteiger partial charge in [0.15, 0.2) is 0 Å². The lowest BCUT2D eigenvalue weighted by Crippen LogP contribution is -2.24. The van der Waals surface area contributed by atoms with Crippen LogP contribution in [-0.4, -0.2) is 11.2 Å². The first-order chi connectivity index (χ1) is 9.84. The van der Waals surface area contributed by atoms with E-state index in [9.17, 15) is 5.11 Å². The van der Waals surface area contributed by atoms with Crippen LogP contribution >= 0.6 is 11.3 Å². The molecule has 4 atom stereocenters. The van der Waals surface area contributed by atoms with Gasteiger partial charge in [0, 0.05) is 10.8 Å². The van der Waals surface area contributed by atoms with E-state index in [4.69, 9.17) is 0 Å². The van der Waals surface area contributed by atoms with Gasteiger partial charge >= 0.3 is 0 Å². The molecule has 2 aliphatic rings. The summed E-state index contributed by atoms with van der Waals surface area (Å²) in [5.41, 5.74) is 2.84. The molecule has 2 aromatic rings. The molecule has 0 bridgehead atoms. The Kier molecular flexibility index (Phi) is 3.16. The highest BCUT2D eigenvalue weighted by Gasteiger charge is 2.46. The summed E-state index contributed by atoms with van der Waals surface area (Å²) in [6, 6.07) is 12.9. The summed E-state index contributed by atoms with van der Waals surface area (Å²) in [5, 5.41) is 13.0. The van der Waals surface area contributed by atoms with Gasteiger partial charge in [-0.05, 0) is 60.1 Å². The van der Waals surface area contributed by atoms with Crippen LogP contribution < -0.4 is 0 Å². The first kappa shape index (κ1) is 12.6. The van der Waals surface area contributed by atoms with E-state index < -0.39 is 0 Å². The van der Waals surface area contributed by atoms with Crippen molar-refractivity contribution in [3.05, 3.63) is 57.8 Å². The Bertz CT molecular complexity index is 588. The minimum absolute atomic E-state index is 0.158. The minimum atomic E-state index is -0.158. The Morgan fingerprint density at radius 2 is 2.00 bits per heavy atom. The van der Waals surface area contributed by atoms with Crippen molar-refractivity contribution in [2.75, 3.05) is 0 Å². The summed E-state index contributed by atoms with van der Waals surface area (Å²) in [4.78, 5) is 1.51. The molecule has 1 fully saturated rings. The van der Waals surface area contributed by atoms with Gasteiger partial charge in [-0.2, -0.15) is 0 Å². The fraction of sp³-hybridized carbons (Fsp3) is 0.444. The van der Waals surface area contributed by atoms with Crippen molar-refractivity contribution in [1.29, 1.82) is 0 Å². The van der Waals surface area contributed by atoms with Gasteiger partial charge in [0.05, 0.1) is 6.10 Å². The van der Waals surface area contributed by atoms with Crippen LogP contribution in [0.2, 0.25) is 0 Å². The number of fused-ring (bicyclic) bond motifs is 1. The molecule has 4 unspecified atom stereocenters. The molecule has 0 aliphatic heterocycles. The summed E-state index contributed by atoms with van der Waals surface area (Å²) in [6.45, 7) is 0. The summed E-state index contributed by atoms with van der Waals surface area (Å²) in [6.07, 6.45) is 4.60. The third-order valence-electron chi connectivity index (χ3n) is 5.02. The highest BCUT2D eigenvalue weighted by Crippen LogP contribution is 2.53. The van der Waals surface area contributed by atoms with Gasteiger partial charge in [-0.25, -0.2) is 0 Å². The molecule has 2 aliphatic carbocycles. The Morgan fingerprint density at radius 1 is 1.15 bits per heavy atom. The predicted molar refractivity (Wildman–Crippen MR) is 83.3 cm³/mol. The quantitative estimate of drug-likeness (QED) is 0.889. The fourth-order valence-corrected chi connectivity index (χ4v) is 4.85. The smallest absolute Gasteiger partial charge is 0.0643 e. The van der Waals surface area contributed by atoms with E-state index in [1.54, 1.807) is 0 Å². The van der Waals surface area contributed by atoms with E-state index in [0.29, 0.717) is 17.8 Å². The first-order valence-electron chi connectivity index (χ1n) is 7.64. The lowest BCUT2D eigenvalue weighted by atomic mass is 9.81. The van der Waals surface area contributed by atoms with Crippen molar-refractivity contribution < 1.29 is 5.11 Å². The highest BCUT2D eigenvalue weighted by molar-refractivity contribution is 7.10. The van der Waals surface area contributed by atoms with Crippen molar-refractivity contribution in [1.82, 2.24) is 0 Å². The molecule has 1 aromatic carbocycles. The van der Waals surface area contributed by atoms with Crippen LogP contribution in [-0.2, 0) is 6.42 Å². The largest absolute Gasteiger partial charge is 0.392 e. The normalized spacial score (nSPS) is 29.8. The fourth-order valence-electron chi connectivity index (χ4n) is 3.85. The summed E-state index contributed by atoms with van der Waals surface area (Å²) < 4.78 is 0. The van der Waals surface area contributed by atoms with Crippen LogP contribution in [0, 0.1) is 5.92 Å². The van der Waals surface area contributed by atoms with Crippen LogP contribution in [0.4, 0.5) is 0 Å². The molecule has 1 aromatic heterocycles. The molecular weight excluding hydrogens is 264 g/mol. The molecule has 0 saturated heterocycles. The van der Waals surface area contributed by atoms with E-state index >= 15 is 0 Å². The maximum Gasteiger partial charge on any atom is 0.0643 e. The standard InChI is InChI=1S/C18H20OS/c19-18(14-7-4-8-17-13(14)9-10-20-17)16-11-15(16)12-5-2-1-3-6-12/h1-3,5-6,9-10,14-16,18-19H,4,7-8,11H2. The zero-order valence-corrected chi connectivity index (χ0v) is 12.4. The number of rotatable bonds is 3. The zero-order valence-electron chi connectivity index (χ0n) is 11.5. The molecule has 1 heterocycles. The van der Waals surface area contributed by atoms with Crippen LogP contribution in [0.5, 0.6) is 0 Å². The molecule has 1 N–H and O–H groups in total. The van der Waals surface area contributed by atoms with E-state index in [1.165, 1.54) is 28.8 Å². The summed E-state index contributed by atoms with van der Waals surface area (Å²) >= 11 is 1.86. The Morgan fingerprint density at radius 3 is 2.85 bits per heavy atom. The van der Waals surface area contributed by atoms with Crippen molar-refractivity contribution in [2.45, 2.75) is 43.6 Å². The number of hydrogen-bond acceptors (Lipinski definition) is 2. The average Bonchev–Trinajstić information content (AvgIpc) is 3.16. The van der Waals surface area contributed by atoms with Crippen molar-refractivity contribution in [3.63, 3.8) is 0 Å². The third-order valence-corrected chi connectivity index (χ3v) is 6.01. The monoisotopic (exact) mass is 284 g/mol. The van der Waals surface area contributed by atoms with E-state index in [2.05, 4.69) is 41.8 Å². The Labute approximate surface area is 124 Å². The van der Waals surface area contributed by atoms with Gasteiger partial charge in [0.1, 0.15) is 0 Å². The maximum absolute atomic E-state index is 10.8. The lowest BCUT2D eigenvalue weighted by molar-refractivity contribution is 0.111. The number of aliphatic hydroxyl groups excluding tert-OH is 1. The van der Waals surface area contributed by atoms with Crippen molar-refractivity contribution in [3.8, 4) is 0 Å². The lowest BCUT2D eigenvalue weighted by Gasteiger charge is -2.27. The van der Waals surface area contributed by atoms with Crippen LogP contribution in [0.1, 0.15) is 47.1 Å². The highest BCUT2D eigenvalue weighted by atomic mass is 32.1. The van der Waals surface area contributed by atoms with E-state index in [-0.39, 0.29) is 6.10 Å². The van der Waals surface area contributed by atoms with Gasteiger partial charge in [-0.15, -0.1) is 11.3 Å². The minimum Gasteiger partial charge on any atom is -0.392 e. The second kappa shape index (κ2) is 5.01. The van der Waals surface area contributed by atoms with Gasteiger partial charge in [0.2, 0.25) is 0 Å². The zero-order chi connectivity index (χ0) is 13.5. The predicted octanol–water partition coefficient (Wildman–Crippen LogP) is 4.33. The topological polar surface area (TPSA) is 20.2 Å². The number of aliphatic hydroxyl groups is 1. The second-order valence-electron chi connectivity index (χ2n) is 6.21. The van der Waals surface area contributed by atoms with E-state index in [1.807, 2.05) is 11.3 Å². The maximum atomic E-state index is 10.8. The van der Waals surface area contributed by atoms with Crippen LogP contribution in [0.15, 0.2) is 41.8 Å². The summed E-state index contributed by atoms with van der Waals surface area (Å²) in [5.74, 6) is 1.42. The third kappa shape index (κ3) is 2.11. The van der Waals surface area contributed by atoms with Gasteiger partial charge in [0.25, 0.3) is 0 Å². The molecular formula is C18H20OS. The molecule has 104 valence electrons. The van der Waals surface area contributed by atoms with Gasteiger partial charge in [-0.1, -0.05) is 30.3 Å². The summed E-state index contributed by atoms with van der Waals surface area (Å²) in [7, 11) is 0. The first-order valence-corrected chi connectivity index (χ1v) is 8.52. The molecule has 0 radical (unpaired) electrons. The molecule has 1 nitrogen and oxygen atoms in total. The van der Waals surface area contributed by atoms with Gasteiger partial charge in [-0.3, -0.25) is 0 Å². The number of thiophene rings is 1. The Hall–Kier alpha value is -1.12. The van der Waals surface area contributed by atoms with E-state index in [0.717, 1.165) is 12.8 Å². The average molecular weight is 284 g/mol. The molecule has 20 heavy (non-hydrogen) atoms.